The summed E-state index contributed by atoms with van der Waals surface area (Å²) in [5.74, 6) is -0.148. The quantitative estimate of drug-likeness (QED) is 0.808. The van der Waals surface area contributed by atoms with E-state index in [1.807, 2.05) is 25.1 Å². The molecule has 7 nitrogen and oxygen atoms in total. The van der Waals surface area contributed by atoms with Crippen molar-refractivity contribution in [3.05, 3.63) is 23.2 Å². The Morgan fingerprint density at radius 1 is 1.26 bits per heavy atom. The number of nitrogens with zero attached hydrogens (tertiary/aromatic N) is 5. The summed E-state index contributed by atoms with van der Waals surface area (Å²) in [6, 6.07) is 5.72. The predicted octanol–water partition coefficient (Wildman–Crippen LogP) is 4.07. The third-order valence-corrected chi connectivity index (χ3v) is 3.90. The van der Waals surface area contributed by atoms with Gasteiger partial charge in [-0.2, -0.15) is 0 Å². The first-order chi connectivity index (χ1) is 11.0. The number of hydrogen-bond acceptors (Lipinski definition) is 7. The molecule has 0 aliphatic heterocycles. The maximum absolute atomic E-state index is 11.4. The fraction of sp³-hybridized carbons (Fsp3) is 0.400. The topological polar surface area (TPSA) is 82.8 Å². The molecule has 0 radical (unpaired) electrons. The first-order valence-corrected chi connectivity index (χ1v) is 8.23. The van der Waals surface area contributed by atoms with E-state index in [0.717, 1.165) is 23.8 Å². The van der Waals surface area contributed by atoms with E-state index in [1.165, 1.54) is 18.3 Å². The van der Waals surface area contributed by atoms with Gasteiger partial charge in [-0.05, 0) is 39.0 Å². The number of aromatic nitrogens is 2. The van der Waals surface area contributed by atoms with Crippen molar-refractivity contribution in [2.75, 3.05) is 23.3 Å². The standard InChI is InChI=1S/C15H20N6OS/c1-5-21(6-2)12-7-8-13(14(9-12)16-10(3)22)18-20-15-19-17-11(4)23-15/h7-9H,5-6H2,1-4H3,(H,16,22). The van der Waals surface area contributed by atoms with Crippen molar-refractivity contribution in [1.82, 2.24) is 10.2 Å². The number of carbonyl (C=O) groups is 1. The van der Waals surface area contributed by atoms with Crippen molar-refractivity contribution < 1.29 is 4.79 Å². The average Bonchev–Trinajstić information content (AvgIpc) is 2.92. The highest BCUT2D eigenvalue weighted by Crippen LogP contribution is 2.32. The first-order valence-electron chi connectivity index (χ1n) is 7.42. The SMILES string of the molecule is CCN(CC)c1ccc(N=Nc2nnc(C)s2)c(NC(C)=O)c1. The summed E-state index contributed by atoms with van der Waals surface area (Å²) in [6.07, 6.45) is 0. The van der Waals surface area contributed by atoms with Crippen LogP contribution in [0.3, 0.4) is 0 Å². The van der Waals surface area contributed by atoms with Gasteiger partial charge in [0.1, 0.15) is 10.7 Å². The summed E-state index contributed by atoms with van der Waals surface area (Å²) in [5.41, 5.74) is 2.25. The number of rotatable bonds is 6. The van der Waals surface area contributed by atoms with Crippen LogP contribution in [-0.2, 0) is 4.79 Å². The Bertz CT molecular complexity index is 708. The Kier molecular flexibility index (Phi) is 5.75. The van der Waals surface area contributed by atoms with Crippen molar-refractivity contribution in [1.29, 1.82) is 0 Å². The van der Waals surface area contributed by atoms with Gasteiger partial charge in [0.25, 0.3) is 5.13 Å². The molecule has 0 saturated heterocycles. The molecule has 1 heterocycles. The summed E-state index contributed by atoms with van der Waals surface area (Å²) in [7, 11) is 0. The second-order valence-corrected chi connectivity index (χ2v) is 6.02. The molecular formula is C15H20N6OS. The molecule has 2 aromatic rings. The van der Waals surface area contributed by atoms with Gasteiger partial charge in [-0.3, -0.25) is 4.79 Å². The lowest BCUT2D eigenvalue weighted by atomic mass is 10.2. The predicted molar refractivity (Wildman–Crippen MR) is 93.1 cm³/mol. The Morgan fingerprint density at radius 2 is 2.00 bits per heavy atom. The van der Waals surface area contributed by atoms with Crippen LogP contribution in [0.4, 0.5) is 22.2 Å². The highest BCUT2D eigenvalue weighted by Gasteiger charge is 2.09. The smallest absolute Gasteiger partial charge is 0.251 e. The molecule has 0 unspecified atom stereocenters. The van der Waals surface area contributed by atoms with E-state index in [-0.39, 0.29) is 5.91 Å². The van der Waals surface area contributed by atoms with Crippen LogP contribution in [0.2, 0.25) is 0 Å². The molecule has 0 bridgehead atoms. The average molecular weight is 332 g/mol. The van der Waals surface area contributed by atoms with Crippen molar-refractivity contribution >= 4 is 39.4 Å². The van der Waals surface area contributed by atoms with Crippen molar-refractivity contribution in [3.8, 4) is 0 Å². The molecule has 8 heteroatoms. The monoisotopic (exact) mass is 332 g/mol. The molecule has 1 aromatic carbocycles. The Morgan fingerprint density at radius 3 is 2.57 bits per heavy atom. The lowest BCUT2D eigenvalue weighted by Gasteiger charge is -2.22. The molecule has 1 aromatic heterocycles. The number of carbonyl (C=O) groups excluding carboxylic acids is 1. The number of nitrogens with one attached hydrogen (secondary N) is 1. The summed E-state index contributed by atoms with van der Waals surface area (Å²) in [6.45, 7) is 9.29. The highest BCUT2D eigenvalue weighted by atomic mass is 32.1. The number of azo groups is 1. The van der Waals surface area contributed by atoms with Gasteiger partial charge in [0.15, 0.2) is 0 Å². The largest absolute Gasteiger partial charge is 0.372 e. The van der Waals surface area contributed by atoms with E-state index in [1.54, 1.807) is 0 Å². The van der Waals surface area contributed by atoms with Gasteiger partial charge in [0.2, 0.25) is 5.91 Å². The molecule has 0 saturated carbocycles. The molecule has 1 N–H and O–H groups in total. The maximum Gasteiger partial charge on any atom is 0.251 e. The Hall–Kier alpha value is -2.35. The molecule has 0 aliphatic rings. The molecular weight excluding hydrogens is 312 g/mol. The summed E-state index contributed by atoms with van der Waals surface area (Å²) in [4.78, 5) is 13.6. The summed E-state index contributed by atoms with van der Waals surface area (Å²) >= 11 is 1.36. The minimum absolute atomic E-state index is 0.148. The third-order valence-electron chi connectivity index (χ3n) is 3.18. The van der Waals surface area contributed by atoms with Crippen LogP contribution < -0.4 is 10.2 Å². The molecule has 122 valence electrons. The van der Waals surface area contributed by atoms with E-state index in [0.29, 0.717) is 16.5 Å². The van der Waals surface area contributed by atoms with E-state index >= 15 is 0 Å². The van der Waals surface area contributed by atoms with Gasteiger partial charge in [-0.25, -0.2) is 0 Å². The fourth-order valence-corrected chi connectivity index (χ4v) is 2.62. The van der Waals surface area contributed by atoms with E-state index in [4.69, 9.17) is 0 Å². The van der Waals surface area contributed by atoms with E-state index in [9.17, 15) is 4.79 Å². The summed E-state index contributed by atoms with van der Waals surface area (Å²) in [5, 5.41) is 20.2. The minimum atomic E-state index is -0.148. The minimum Gasteiger partial charge on any atom is -0.372 e. The number of amides is 1. The van der Waals surface area contributed by atoms with Crippen LogP contribution in [0.15, 0.2) is 28.4 Å². The molecule has 0 fully saturated rings. The van der Waals surface area contributed by atoms with Gasteiger partial charge in [-0.1, -0.05) is 11.3 Å². The molecule has 23 heavy (non-hydrogen) atoms. The third kappa shape index (κ3) is 4.56. The lowest BCUT2D eigenvalue weighted by molar-refractivity contribution is -0.114. The van der Waals surface area contributed by atoms with Crippen LogP contribution in [-0.4, -0.2) is 29.2 Å². The van der Waals surface area contributed by atoms with Gasteiger partial charge >= 0.3 is 0 Å². The van der Waals surface area contributed by atoms with Crippen molar-refractivity contribution in [2.45, 2.75) is 27.7 Å². The first kappa shape index (κ1) is 17.0. The van der Waals surface area contributed by atoms with E-state index in [2.05, 4.69) is 44.5 Å². The zero-order valence-corrected chi connectivity index (χ0v) is 14.5. The van der Waals surface area contributed by atoms with Gasteiger partial charge in [-0.15, -0.1) is 20.4 Å². The maximum atomic E-state index is 11.4. The van der Waals surface area contributed by atoms with Crippen molar-refractivity contribution in [3.63, 3.8) is 0 Å². The second-order valence-electron chi connectivity index (χ2n) is 4.86. The Balaban J connectivity index is 2.33. The van der Waals surface area contributed by atoms with Gasteiger partial charge in [0.05, 0.1) is 5.69 Å². The number of anilines is 2. The normalized spacial score (nSPS) is 11.0. The van der Waals surface area contributed by atoms with Gasteiger partial charge in [0, 0.05) is 25.7 Å². The van der Waals surface area contributed by atoms with Crippen LogP contribution >= 0.6 is 11.3 Å². The van der Waals surface area contributed by atoms with Crippen LogP contribution in [0.1, 0.15) is 25.8 Å². The van der Waals surface area contributed by atoms with Crippen LogP contribution in [0.5, 0.6) is 0 Å². The molecule has 1 amide bonds. The number of aryl methyl sites for hydroxylation is 1. The summed E-state index contributed by atoms with van der Waals surface area (Å²) < 4.78 is 0. The molecule has 0 atom stereocenters. The number of hydrogen-bond donors (Lipinski definition) is 1. The fourth-order valence-electron chi connectivity index (χ4n) is 2.11. The highest BCUT2D eigenvalue weighted by molar-refractivity contribution is 7.14. The zero-order chi connectivity index (χ0) is 16.8. The van der Waals surface area contributed by atoms with Crippen LogP contribution in [0.25, 0.3) is 0 Å². The zero-order valence-electron chi connectivity index (χ0n) is 13.7. The lowest BCUT2D eigenvalue weighted by Crippen LogP contribution is -2.21. The Labute approximate surface area is 139 Å². The van der Waals surface area contributed by atoms with E-state index < -0.39 is 0 Å². The number of benzene rings is 1. The van der Waals surface area contributed by atoms with Crippen molar-refractivity contribution in [2.24, 2.45) is 10.2 Å². The van der Waals surface area contributed by atoms with Gasteiger partial charge < -0.3 is 10.2 Å². The molecule has 2 rings (SSSR count). The molecule has 0 spiro atoms. The second kappa shape index (κ2) is 7.77. The van der Waals surface area contributed by atoms with Crippen LogP contribution in [0, 0.1) is 6.92 Å². The molecule has 0 aliphatic carbocycles.